The van der Waals surface area contributed by atoms with Crippen LogP contribution in [-0.4, -0.2) is 30.6 Å². The standard InChI is InChI=1S/C6H6N6/c1-4-7-3-2-5(8-4)6-9-11-12-10-6/h2-3H,1H3,(H,9,10,11,12). The van der Waals surface area contributed by atoms with Gasteiger partial charge in [-0.3, -0.25) is 0 Å². The lowest BCUT2D eigenvalue weighted by atomic mass is 10.4. The Morgan fingerprint density at radius 2 is 2.33 bits per heavy atom. The number of nitrogens with one attached hydrogen (secondary N) is 1. The molecule has 0 aliphatic heterocycles. The van der Waals surface area contributed by atoms with Gasteiger partial charge in [0.2, 0.25) is 5.82 Å². The van der Waals surface area contributed by atoms with Gasteiger partial charge in [0.25, 0.3) is 0 Å². The predicted octanol–water partition coefficient (Wildman–Crippen LogP) is -0.0349. The quantitative estimate of drug-likeness (QED) is 0.636. The van der Waals surface area contributed by atoms with Gasteiger partial charge in [-0.05, 0) is 18.2 Å². The van der Waals surface area contributed by atoms with Gasteiger partial charge in [-0.1, -0.05) is 0 Å². The summed E-state index contributed by atoms with van der Waals surface area (Å²) in [5.74, 6) is 1.18. The van der Waals surface area contributed by atoms with E-state index in [2.05, 4.69) is 30.6 Å². The van der Waals surface area contributed by atoms with E-state index in [1.165, 1.54) is 0 Å². The Morgan fingerprint density at radius 3 is 3.00 bits per heavy atom. The molecule has 0 amide bonds. The zero-order chi connectivity index (χ0) is 8.39. The number of rotatable bonds is 1. The van der Waals surface area contributed by atoms with Gasteiger partial charge in [-0.25, -0.2) is 9.97 Å². The molecule has 12 heavy (non-hydrogen) atoms. The van der Waals surface area contributed by atoms with Gasteiger partial charge in [0, 0.05) is 6.20 Å². The molecule has 0 spiro atoms. The molecule has 0 bridgehead atoms. The van der Waals surface area contributed by atoms with Crippen molar-refractivity contribution in [3.05, 3.63) is 18.1 Å². The lowest BCUT2D eigenvalue weighted by molar-refractivity contribution is 0.881. The fourth-order valence-corrected chi connectivity index (χ4v) is 0.851. The van der Waals surface area contributed by atoms with E-state index >= 15 is 0 Å². The second-order valence-electron chi connectivity index (χ2n) is 2.22. The van der Waals surface area contributed by atoms with Crippen LogP contribution in [0, 0.1) is 6.92 Å². The molecule has 0 saturated heterocycles. The molecule has 0 unspecified atom stereocenters. The summed E-state index contributed by atoms with van der Waals surface area (Å²) < 4.78 is 0. The van der Waals surface area contributed by atoms with Crippen LogP contribution in [0.1, 0.15) is 5.82 Å². The molecule has 0 radical (unpaired) electrons. The van der Waals surface area contributed by atoms with Crippen molar-refractivity contribution in [1.29, 1.82) is 0 Å². The molecule has 0 saturated carbocycles. The van der Waals surface area contributed by atoms with Crippen molar-refractivity contribution in [1.82, 2.24) is 30.6 Å². The molecule has 0 fully saturated rings. The highest BCUT2D eigenvalue weighted by Gasteiger charge is 2.03. The lowest BCUT2D eigenvalue weighted by Gasteiger charge is -1.92. The van der Waals surface area contributed by atoms with Crippen LogP contribution in [0.25, 0.3) is 11.5 Å². The first-order valence-corrected chi connectivity index (χ1v) is 3.40. The Hall–Kier alpha value is -1.85. The van der Waals surface area contributed by atoms with E-state index in [4.69, 9.17) is 0 Å². The minimum atomic E-state index is 0.487. The average molecular weight is 162 g/mol. The average Bonchev–Trinajstić information content (AvgIpc) is 2.56. The molecule has 1 N–H and O–H groups in total. The fourth-order valence-electron chi connectivity index (χ4n) is 0.851. The number of H-pyrrole nitrogens is 1. The van der Waals surface area contributed by atoms with Crippen molar-refractivity contribution in [3.63, 3.8) is 0 Å². The number of aromatic nitrogens is 6. The number of aryl methyl sites for hydroxylation is 1. The summed E-state index contributed by atoms with van der Waals surface area (Å²) in [7, 11) is 0. The molecule has 2 aromatic rings. The topological polar surface area (TPSA) is 80.2 Å². The summed E-state index contributed by atoms with van der Waals surface area (Å²) in [5, 5.41) is 13.4. The highest BCUT2D eigenvalue weighted by atomic mass is 15.5. The minimum absolute atomic E-state index is 0.487. The summed E-state index contributed by atoms with van der Waals surface area (Å²) >= 11 is 0. The first-order valence-electron chi connectivity index (χ1n) is 3.40. The number of aromatic amines is 1. The predicted molar refractivity (Wildman–Crippen MR) is 39.9 cm³/mol. The van der Waals surface area contributed by atoms with Gasteiger partial charge >= 0.3 is 0 Å². The van der Waals surface area contributed by atoms with Crippen molar-refractivity contribution >= 4 is 0 Å². The molecule has 60 valence electrons. The van der Waals surface area contributed by atoms with Gasteiger partial charge in [-0.2, -0.15) is 5.21 Å². The van der Waals surface area contributed by atoms with Gasteiger partial charge < -0.3 is 0 Å². The monoisotopic (exact) mass is 162 g/mol. The largest absolute Gasteiger partial charge is 0.242 e. The van der Waals surface area contributed by atoms with Crippen molar-refractivity contribution < 1.29 is 0 Å². The summed E-state index contributed by atoms with van der Waals surface area (Å²) in [4.78, 5) is 8.07. The maximum Gasteiger partial charge on any atom is 0.223 e. The van der Waals surface area contributed by atoms with E-state index in [9.17, 15) is 0 Å². The molecule has 0 aliphatic carbocycles. The molecular formula is C6H6N6. The third kappa shape index (κ3) is 1.14. The highest BCUT2D eigenvalue weighted by Crippen LogP contribution is 2.07. The number of tetrazole rings is 1. The first-order chi connectivity index (χ1) is 5.86. The highest BCUT2D eigenvalue weighted by molar-refractivity contribution is 5.46. The van der Waals surface area contributed by atoms with E-state index in [1.807, 2.05) is 6.92 Å². The van der Waals surface area contributed by atoms with Crippen LogP contribution in [0.15, 0.2) is 12.3 Å². The SMILES string of the molecule is Cc1nccc(-c2nn[nH]n2)n1. The van der Waals surface area contributed by atoms with E-state index in [-0.39, 0.29) is 0 Å². The Labute approximate surface area is 68.1 Å². The lowest BCUT2D eigenvalue weighted by Crippen LogP contribution is -1.90. The van der Waals surface area contributed by atoms with Crippen molar-refractivity contribution in [2.45, 2.75) is 6.92 Å². The van der Waals surface area contributed by atoms with Crippen molar-refractivity contribution in [2.24, 2.45) is 0 Å². The van der Waals surface area contributed by atoms with Gasteiger partial charge in [-0.15, -0.1) is 10.2 Å². The number of hydrogen-bond acceptors (Lipinski definition) is 5. The maximum atomic E-state index is 4.12. The summed E-state index contributed by atoms with van der Waals surface area (Å²) in [6.45, 7) is 1.81. The zero-order valence-corrected chi connectivity index (χ0v) is 6.39. The summed E-state index contributed by atoms with van der Waals surface area (Å²) in [6, 6.07) is 1.73. The van der Waals surface area contributed by atoms with Crippen LogP contribution in [0.3, 0.4) is 0 Å². The van der Waals surface area contributed by atoms with E-state index in [1.54, 1.807) is 12.3 Å². The second-order valence-corrected chi connectivity index (χ2v) is 2.22. The number of hydrogen-bond donors (Lipinski definition) is 1. The Morgan fingerprint density at radius 1 is 1.42 bits per heavy atom. The van der Waals surface area contributed by atoms with Crippen molar-refractivity contribution in [2.75, 3.05) is 0 Å². The Balaban J connectivity index is 2.48. The molecule has 0 aromatic carbocycles. The van der Waals surface area contributed by atoms with E-state index in [0.717, 1.165) is 0 Å². The number of nitrogens with zero attached hydrogens (tertiary/aromatic N) is 5. The van der Waals surface area contributed by atoms with E-state index in [0.29, 0.717) is 17.3 Å². The molecule has 6 nitrogen and oxygen atoms in total. The van der Waals surface area contributed by atoms with Crippen LogP contribution in [-0.2, 0) is 0 Å². The molecule has 0 aliphatic rings. The van der Waals surface area contributed by atoms with Gasteiger partial charge in [0.15, 0.2) is 0 Å². The Kier molecular flexibility index (Phi) is 1.51. The molecular weight excluding hydrogens is 156 g/mol. The summed E-state index contributed by atoms with van der Waals surface area (Å²) in [6.07, 6.45) is 1.66. The zero-order valence-electron chi connectivity index (χ0n) is 6.39. The minimum Gasteiger partial charge on any atom is -0.242 e. The second kappa shape index (κ2) is 2.65. The van der Waals surface area contributed by atoms with Crippen LogP contribution in [0.2, 0.25) is 0 Å². The molecule has 2 rings (SSSR count). The fraction of sp³-hybridized carbons (Fsp3) is 0.167. The molecule has 0 atom stereocenters. The molecule has 2 aromatic heterocycles. The third-order valence-corrected chi connectivity index (χ3v) is 1.35. The molecule has 6 heteroatoms. The smallest absolute Gasteiger partial charge is 0.223 e. The van der Waals surface area contributed by atoms with Gasteiger partial charge in [0.1, 0.15) is 11.5 Å². The maximum absolute atomic E-state index is 4.12. The van der Waals surface area contributed by atoms with Crippen molar-refractivity contribution in [3.8, 4) is 11.5 Å². The first kappa shape index (κ1) is 6.84. The van der Waals surface area contributed by atoms with Crippen LogP contribution >= 0.6 is 0 Å². The van der Waals surface area contributed by atoms with Crippen LogP contribution in [0.5, 0.6) is 0 Å². The van der Waals surface area contributed by atoms with Gasteiger partial charge in [0.05, 0.1) is 0 Å². The molecule has 2 heterocycles. The van der Waals surface area contributed by atoms with E-state index < -0.39 is 0 Å². The summed E-state index contributed by atoms with van der Waals surface area (Å²) in [5.41, 5.74) is 0.677. The third-order valence-electron chi connectivity index (χ3n) is 1.35. The normalized spacial score (nSPS) is 10.1. The van der Waals surface area contributed by atoms with Crippen LogP contribution < -0.4 is 0 Å². The van der Waals surface area contributed by atoms with Crippen LogP contribution in [0.4, 0.5) is 0 Å². The Bertz CT molecular complexity index is 367.